The Bertz CT molecular complexity index is 795. The Labute approximate surface area is 120 Å². The van der Waals surface area contributed by atoms with E-state index in [4.69, 9.17) is 17.4 Å². The van der Waals surface area contributed by atoms with Crippen LogP contribution in [0.2, 0.25) is 5.02 Å². The molecule has 4 N–H and O–H groups in total. The van der Waals surface area contributed by atoms with Crippen LogP contribution < -0.4 is 11.3 Å². The Hall–Kier alpha value is -2.30. The molecule has 100 valence electrons. The van der Waals surface area contributed by atoms with Gasteiger partial charge in [-0.3, -0.25) is 10.2 Å². The zero-order valence-corrected chi connectivity index (χ0v) is 11.2. The van der Waals surface area contributed by atoms with Crippen LogP contribution in [0.3, 0.4) is 0 Å². The van der Waals surface area contributed by atoms with E-state index in [2.05, 4.69) is 10.4 Å². The number of nitrogens with one attached hydrogen (secondary N) is 2. The van der Waals surface area contributed by atoms with Gasteiger partial charge in [-0.15, -0.1) is 0 Å². The SMILES string of the molecule is NNC(=O)c1[nH]c2ccccc2c1-c1ccccc1Cl. The van der Waals surface area contributed by atoms with Gasteiger partial charge in [-0.05, 0) is 12.1 Å². The number of hydrogen-bond donors (Lipinski definition) is 3. The molecule has 3 rings (SSSR count). The summed E-state index contributed by atoms with van der Waals surface area (Å²) < 4.78 is 0. The van der Waals surface area contributed by atoms with Gasteiger partial charge in [0, 0.05) is 27.1 Å². The van der Waals surface area contributed by atoms with Crippen molar-refractivity contribution < 1.29 is 4.79 Å². The maximum atomic E-state index is 12.0. The van der Waals surface area contributed by atoms with E-state index in [0.717, 1.165) is 22.0 Å². The zero-order chi connectivity index (χ0) is 14.1. The van der Waals surface area contributed by atoms with E-state index >= 15 is 0 Å². The molecule has 1 heterocycles. The van der Waals surface area contributed by atoms with Crippen LogP contribution in [-0.4, -0.2) is 10.9 Å². The predicted molar refractivity (Wildman–Crippen MR) is 80.4 cm³/mol. The lowest BCUT2D eigenvalue weighted by Gasteiger charge is -2.06. The summed E-state index contributed by atoms with van der Waals surface area (Å²) in [6.45, 7) is 0. The average Bonchev–Trinajstić information content (AvgIpc) is 2.86. The van der Waals surface area contributed by atoms with Crippen molar-refractivity contribution in [2.24, 2.45) is 5.84 Å². The molecule has 0 saturated heterocycles. The molecule has 0 atom stereocenters. The smallest absolute Gasteiger partial charge is 0.282 e. The van der Waals surface area contributed by atoms with Crippen molar-refractivity contribution in [3.63, 3.8) is 0 Å². The van der Waals surface area contributed by atoms with Crippen molar-refractivity contribution >= 4 is 28.4 Å². The highest BCUT2D eigenvalue weighted by Gasteiger charge is 2.19. The fraction of sp³-hybridized carbons (Fsp3) is 0. The van der Waals surface area contributed by atoms with Crippen molar-refractivity contribution in [3.05, 3.63) is 59.2 Å². The first-order valence-electron chi connectivity index (χ1n) is 6.09. The number of rotatable bonds is 2. The standard InChI is InChI=1S/C15H12ClN3O/c16-11-7-3-1-5-9(11)13-10-6-2-4-8-12(10)18-14(13)15(20)19-17/h1-8,18H,17H2,(H,19,20). The van der Waals surface area contributed by atoms with Crippen LogP contribution in [0.15, 0.2) is 48.5 Å². The number of halogens is 1. The summed E-state index contributed by atoms with van der Waals surface area (Å²) in [5.41, 5.74) is 4.98. The van der Waals surface area contributed by atoms with Crippen molar-refractivity contribution in [1.29, 1.82) is 0 Å². The monoisotopic (exact) mass is 285 g/mol. The molecule has 0 unspecified atom stereocenters. The van der Waals surface area contributed by atoms with Crippen LogP contribution in [0, 0.1) is 0 Å². The maximum absolute atomic E-state index is 12.0. The lowest BCUT2D eigenvalue weighted by Crippen LogP contribution is -2.30. The second-order valence-electron chi connectivity index (χ2n) is 4.37. The van der Waals surface area contributed by atoms with Gasteiger partial charge in [0.15, 0.2) is 0 Å². The molecule has 3 aromatic rings. The summed E-state index contributed by atoms with van der Waals surface area (Å²) in [5, 5.41) is 1.52. The molecule has 0 radical (unpaired) electrons. The normalized spacial score (nSPS) is 10.7. The molecule has 0 aliphatic carbocycles. The summed E-state index contributed by atoms with van der Waals surface area (Å²) in [6, 6.07) is 15.1. The minimum atomic E-state index is -0.379. The summed E-state index contributed by atoms with van der Waals surface area (Å²) in [6.07, 6.45) is 0. The fourth-order valence-corrected chi connectivity index (χ4v) is 2.56. The Morgan fingerprint density at radius 1 is 1.10 bits per heavy atom. The third-order valence-electron chi connectivity index (χ3n) is 3.21. The van der Waals surface area contributed by atoms with E-state index in [0.29, 0.717) is 10.7 Å². The van der Waals surface area contributed by atoms with Gasteiger partial charge in [0.1, 0.15) is 5.69 Å². The van der Waals surface area contributed by atoms with Gasteiger partial charge >= 0.3 is 0 Å². The van der Waals surface area contributed by atoms with Gasteiger partial charge in [0.2, 0.25) is 0 Å². The molecular formula is C15H12ClN3O. The van der Waals surface area contributed by atoms with Crippen LogP contribution in [0.25, 0.3) is 22.0 Å². The molecule has 0 saturated carbocycles. The number of hydrazine groups is 1. The van der Waals surface area contributed by atoms with Crippen LogP contribution in [0.5, 0.6) is 0 Å². The first kappa shape index (κ1) is 12.7. The van der Waals surface area contributed by atoms with Crippen LogP contribution >= 0.6 is 11.6 Å². The summed E-state index contributed by atoms with van der Waals surface area (Å²) in [4.78, 5) is 15.1. The fourth-order valence-electron chi connectivity index (χ4n) is 2.33. The number of benzene rings is 2. The van der Waals surface area contributed by atoms with Crippen LogP contribution in [0.4, 0.5) is 0 Å². The van der Waals surface area contributed by atoms with E-state index < -0.39 is 0 Å². The number of fused-ring (bicyclic) bond motifs is 1. The molecule has 20 heavy (non-hydrogen) atoms. The van der Waals surface area contributed by atoms with E-state index in [1.165, 1.54) is 0 Å². The minimum absolute atomic E-state index is 0.379. The number of carbonyl (C=O) groups is 1. The predicted octanol–water partition coefficient (Wildman–Crippen LogP) is 3.09. The summed E-state index contributed by atoms with van der Waals surface area (Å²) in [5.74, 6) is 4.88. The van der Waals surface area contributed by atoms with E-state index in [9.17, 15) is 4.79 Å². The molecule has 0 aliphatic rings. The van der Waals surface area contributed by atoms with Gasteiger partial charge in [0.25, 0.3) is 5.91 Å². The van der Waals surface area contributed by atoms with Gasteiger partial charge in [-0.25, -0.2) is 5.84 Å². The number of hydrogen-bond acceptors (Lipinski definition) is 2. The number of carbonyl (C=O) groups excluding carboxylic acids is 1. The lowest BCUT2D eigenvalue weighted by molar-refractivity contribution is 0.0950. The molecule has 1 amide bonds. The van der Waals surface area contributed by atoms with Gasteiger partial charge < -0.3 is 4.98 Å². The third kappa shape index (κ3) is 1.95. The summed E-state index contributed by atoms with van der Waals surface area (Å²) in [7, 11) is 0. The number of aromatic amines is 1. The van der Waals surface area contributed by atoms with Crippen molar-refractivity contribution in [3.8, 4) is 11.1 Å². The molecule has 0 aliphatic heterocycles. The van der Waals surface area contributed by atoms with E-state index in [1.807, 2.05) is 42.5 Å². The topological polar surface area (TPSA) is 70.9 Å². The van der Waals surface area contributed by atoms with Crippen molar-refractivity contribution in [2.45, 2.75) is 0 Å². The third-order valence-corrected chi connectivity index (χ3v) is 3.54. The minimum Gasteiger partial charge on any atom is -0.350 e. The zero-order valence-electron chi connectivity index (χ0n) is 10.5. The lowest BCUT2D eigenvalue weighted by atomic mass is 10.0. The molecule has 0 bridgehead atoms. The van der Waals surface area contributed by atoms with Gasteiger partial charge in [-0.1, -0.05) is 48.0 Å². The number of para-hydroxylation sites is 1. The second kappa shape index (κ2) is 5.00. The average molecular weight is 286 g/mol. The first-order valence-corrected chi connectivity index (χ1v) is 6.46. The second-order valence-corrected chi connectivity index (χ2v) is 4.78. The molecule has 4 nitrogen and oxygen atoms in total. The van der Waals surface area contributed by atoms with Crippen molar-refractivity contribution in [1.82, 2.24) is 10.4 Å². The van der Waals surface area contributed by atoms with Gasteiger partial charge in [-0.2, -0.15) is 0 Å². The van der Waals surface area contributed by atoms with Crippen LogP contribution in [0.1, 0.15) is 10.5 Å². The number of H-pyrrole nitrogens is 1. The van der Waals surface area contributed by atoms with Gasteiger partial charge in [0.05, 0.1) is 0 Å². The van der Waals surface area contributed by atoms with Crippen molar-refractivity contribution in [2.75, 3.05) is 0 Å². The maximum Gasteiger partial charge on any atom is 0.282 e. The highest BCUT2D eigenvalue weighted by molar-refractivity contribution is 6.34. The molecular weight excluding hydrogens is 274 g/mol. The molecule has 2 aromatic carbocycles. The largest absolute Gasteiger partial charge is 0.350 e. The Balaban J connectivity index is 2.38. The van der Waals surface area contributed by atoms with E-state index in [1.54, 1.807) is 6.07 Å². The first-order chi connectivity index (χ1) is 9.72. The van der Waals surface area contributed by atoms with E-state index in [-0.39, 0.29) is 5.91 Å². The van der Waals surface area contributed by atoms with Crippen LogP contribution in [-0.2, 0) is 0 Å². The quantitative estimate of drug-likeness (QED) is 0.385. The molecule has 0 fully saturated rings. The number of aromatic nitrogens is 1. The molecule has 0 spiro atoms. The Morgan fingerprint density at radius 2 is 1.80 bits per heavy atom. The number of nitrogen functional groups attached to an aromatic ring is 1. The Morgan fingerprint density at radius 3 is 2.55 bits per heavy atom. The highest BCUT2D eigenvalue weighted by atomic mass is 35.5. The Kier molecular flexibility index (Phi) is 3.18. The summed E-state index contributed by atoms with van der Waals surface area (Å²) >= 11 is 6.26. The molecule has 5 heteroatoms. The highest BCUT2D eigenvalue weighted by Crippen LogP contribution is 2.36. The molecule has 1 aromatic heterocycles. The number of amides is 1. The number of nitrogens with two attached hydrogens (primary N) is 1.